The van der Waals surface area contributed by atoms with E-state index in [0.29, 0.717) is 10.8 Å². The fourth-order valence-electron chi connectivity index (χ4n) is 1.17. The van der Waals surface area contributed by atoms with Crippen LogP contribution in [0.5, 0.6) is 0 Å². The average Bonchev–Trinajstić information content (AvgIpc) is 2.78. The van der Waals surface area contributed by atoms with E-state index in [0.717, 1.165) is 9.87 Å². The zero-order chi connectivity index (χ0) is 13.2. The van der Waals surface area contributed by atoms with E-state index < -0.39 is 10.2 Å². The standard InChI is InChI=1S/C10H12N4O2S2/c1-14(2)18(15,16)13-10-12-9(7-17-10)8-4-3-5-11-6-8/h3-7H,1-2H3,(H,12,13). The van der Waals surface area contributed by atoms with Crippen LogP contribution < -0.4 is 4.72 Å². The molecule has 0 fully saturated rings. The van der Waals surface area contributed by atoms with Crippen LogP contribution in [0.1, 0.15) is 0 Å². The maximum atomic E-state index is 11.6. The number of thiazole rings is 1. The number of hydrogen-bond donors (Lipinski definition) is 1. The van der Waals surface area contributed by atoms with Crippen LogP contribution >= 0.6 is 11.3 Å². The Morgan fingerprint density at radius 2 is 2.17 bits per heavy atom. The van der Waals surface area contributed by atoms with Crippen LogP contribution in [0.15, 0.2) is 29.9 Å². The van der Waals surface area contributed by atoms with Crippen LogP contribution in [0.3, 0.4) is 0 Å². The van der Waals surface area contributed by atoms with E-state index in [9.17, 15) is 8.42 Å². The molecule has 2 aromatic heterocycles. The molecule has 8 heteroatoms. The predicted molar refractivity (Wildman–Crippen MR) is 71.6 cm³/mol. The summed E-state index contributed by atoms with van der Waals surface area (Å²) < 4.78 is 26.7. The summed E-state index contributed by atoms with van der Waals surface area (Å²) in [6.07, 6.45) is 3.35. The molecule has 0 amide bonds. The number of nitrogens with one attached hydrogen (secondary N) is 1. The molecule has 2 heterocycles. The van der Waals surface area contributed by atoms with Crippen LogP contribution in [-0.2, 0) is 10.2 Å². The quantitative estimate of drug-likeness (QED) is 0.921. The second kappa shape index (κ2) is 5.01. The highest BCUT2D eigenvalue weighted by Crippen LogP contribution is 2.24. The summed E-state index contributed by atoms with van der Waals surface area (Å²) in [6, 6.07) is 3.67. The molecule has 0 spiro atoms. The Kier molecular flexibility index (Phi) is 3.60. The number of nitrogens with zero attached hydrogens (tertiary/aromatic N) is 3. The average molecular weight is 284 g/mol. The topological polar surface area (TPSA) is 75.2 Å². The summed E-state index contributed by atoms with van der Waals surface area (Å²) in [5.74, 6) is 0. The zero-order valence-corrected chi connectivity index (χ0v) is 11.5. The Balaban J connectivity index is 2.22. The van der Waals surface area contributed by atoms with E-state index in [1.54, 1.807) is 23.8 Å². The van der Waals surface area contributed by atoms with Crippen molar-refractivity contribution in [2.75, 3.05) is 18.8 Å². The third-order valence-electron chi connectivity index (χ3n) is 2.16. The van der Waals surface area contributed by atoms with Crippen molar-refractivity contribution in [1.82, 2.24) is 14.3 Å². The van der Waals surface area contributed by atoms with Crippen molar-refractivity contribution in [2.24, 2.45) is 0 Å². The van der Waals surface area contributed by atoms with Crippen molar-refractivity contribution < 1.29 is 8.42 Å². The Hall–Kier alpha value is -1.51. The molecule has 96 valence electrons. The van der Waals surface area contributed by atoms with Crippen LogP contribution in [0.2, 0.25) is 0 Å². The molecule has 0 radical (unpaired) electrons. The Bertz CT molecular complexity index is 622. The number of pyridine rings is 1. The summed E-state index contributed by atoms with van der Waals surface area (Å²) in [5, 5.41) is 2.12. The van der Waals surface area contributed by atoms with Gasteiger partial charge in [-0.15, -0.1) is 11.3 Å². The van der Waals surface area contributed by atoms with Gasteiger partial charge in [-0.05, 0) is 12.1 Å². The Labute approximate surface area is 110 Å². The largest absolute Gasteiger partial charge is 0.302 e. The minimum atomic E-state index is -3.50. The van der Waals surface area contributed by atoms with Gasteiger partial charge in [0.1, 0.15) is 0 Å². The van der Waals surface area contributed by atoms with Crippen molar-refractivity contribution in [2.45, 2.75) is 0 Å². The minimum Gasteiger partial charge on any atom is -0.264 e. The fourth-order valence-corrected chi connectivity index (χ4v) is 2.69. The van der Waals surface area contributed by atoms with E-state index in [2.05, 4.69) is 14.7 Å². The van der Waals surface area contributed by atoms with Gasteiger partial charge in [-0.25, -0.2) is 9.71 Å². The number of hydrogen-bond acceptors (Lipinski definition) is 5. The normalized spacial score (nSPS) is 11.7. The molecule has 0 aliphatic rings. The van der Waals surface area contributed by atoms with Gasteiger partial charge in [0.2, 0.25) is 0 Å². The monoisotopic (exact) mass is 284 g/mol. The molecule has 1 N–H and O–H groups in total. The molecular formula is C10H12N4O2S2. The smallest absolute Gasteiger partial charge is 0.264 e. The second-order valence-electron chi connectivity index (χ2n) is 3.67. The highest BCUT2D eigenvalue weighted by molar-refractivity contribution is 7.90. The molecule has 2 rings (SSSR count). The Morgan fingerprint density at radius 3 is 2.78 bits per heavy atom. The number of rotatable bonds is 4. The van der Waals surface area contributed by atoms with Crippen LogP contribution in [0.25, 0.3) is 11.3 Å². The number of aromatic nitrogens is 2. The lowest BCUT2D eigenvalue weighted by Gasteiger charge is -2.10. The minimum absolute atomic E-state index is 0.336. The molecule has 2 aromatic rings. The molecule has 0 saturated carbocycles. The van der Waals surface area contributed by atoms with Gasteiger partial charge >= 0.3 is 10.2 Å². The molecule has 0 bridgehead atoms. The van der Waals surface area contributed by atoms with Gasteiger partial charge in [-0.3, -0.25) is 4.98 Å². The molecule has 0 saturated heterocycles. The fraction of sp³-hybridized carbons (Fsp3) is 0.200. The second-order valence-corrected chi connectivity index (χ2v) is 6.41. The number of anilines is 1. The molecule has 0 aromatic carbocycles. The first kappa shape index (κ1) is 12.9. The first-order chi connectivity index (χ1) is 8.49. The lowest BCUT2D eigenvalue weighted by atomic mass is 10.2. The van der Waals surface area contributed by atoms with Crippen LogP contribution in [-0.4, -0.2) is 36.8 Å². The van der Waals surface area contributed by atoms with Gasteiger partial charge in [-0.2, -0.15) is 12.7 Å². The molecule has 0 unspecified atom stereocenters. The predicted octanol–water partition coefficient (Wildman–Crippen LogP) is 1.42. The van der Waals surface area contributed by atoms with Gasteiger partial charge < -0.3 is 0 Å². The van der Waals surface area contributed by atoms with Gasteiger partial charge in [0.15, 0.2) is 5.13 Å². The van der Waals surface area contributed by atoms with E-state index in [1.165, 1.54) is 25.4 Å². The summed E-state index contributed by atoms with van der Waals surface area (Å²) in [5.41, 5.74) is 1.55. The van der Waals surface area contributed by atoms with Crippen LogP contribution in [0.4, 0.5) is 5.13 Å². The van der Waals surface area contributed by atoms with Crippen molar-refractivity contribution in [3.05, 3.63) is 29.9 Å². The van der Waals surface area contributed by atoms with Crippen molar-refractivity contribution >= 4 is 26.7 Å². The van der Waals surface area contributed by atoms with E-state index in [1.807, 2.05) is 6.07 Å². The maximum absolute atomic E-state index is 11.6. The molecule has 0 atom stereocenters. The SMILES string of the molecule is CN(C)S(=O)(=O)Nc1nc(-c2cccnc2)cs1. The van der Waals surface area contributed by atoms with E-state index in [4.69, 9.17) is 0 Å². The van der Waals surface area contributed by atoms with E-state index >= 15 is 0 Å². The molecule has 18 heavy (non-hydrogen) atoms. The summed E-state index contributed by atoms with van der Waals surface area (Å²) in [7, 11) is -0.592. The highest BCUT2D eigenvalue weighted by atomic mass is 32.2. The van der Waals surface area contributed by atoms with Gasteiger partial charge in [0.25, 0.3) is 0 Å². The molecule has 0 aliphatic carbocycles. The first-order valence-corrected chi connectivity index (χ1v) is 7.37. The molecular weight excluding hydrogens is 272 g/mol. The lowest BCUT2D eigenvalue weighted by molar-refractivity contribution is 0.527. The van der Waals surface area contributed by atoms with Crippen molar-refractivity contribution in [3.8, 4) is 11.3 Å². The highest BCUT2D eigenvalue weighted by Gasteiger charge is 2.15. The molecule has 6 nitrogen and oxygen atoms in total. The third kappa shape index (κ3) is 2.84. The van der Waals surface area contributed by atoms with Gasteiger partial charge in [0, 0.05) is 37.4 Å². The van der Waals surface area contributed by atoms with Crippen molar-refractivity contribution in [1.29, 1.82) is 0 Å². The molecule has 0 aliphatic heterocycles. The lowest BCUT2D eigenvalue weighted by Crippen LogP contribution is -2.28. The summed E-state index contributed by atoms with van der Waals surface area (Å²) >= 11 is 1.23. The van der Waals surface area contributed by atoms with Crippen LogP contribution in [0, 0.1) is 0 Å². The summed E-state index contributed by atoms with van der Waals surface area (Å²) in [4.78, 5) is 8.20. The maximum Gasteiger partial charge on any atom is 0.302 e. The Morgan fingerprint density at radius 1 is 1.39 bits per heavy atom. The first-order valence-electron chi connectivity index (χ1n) is 5.05. The zero-order valence-electron chi connectivity index (χ0n) is 9.86. The van der Waals surface area contributed by atoms with Gasteiger partial charge in [0.05, 0.1) is 5.69 Å². The van der Waals surface area contributed by atoms with E-state index in [-0.39, 0.29) is 0 Å². The third-order valence-corrected chi connectivity index (χ3v) is 4.46. The van der Waals surface area contributed by atoms with Crippen molar-refractivity contribution in [3.63, 3.8) is 0 Å². The van der Waals surface area contributed by atoms with Gasteiger partial charge in [-0.1, -0.05) is 0 Å². The summed E-state index contributed by atoms with van der Waals surface area (Å²) in [6.45, 7) is 0.